The Hall–Kier alpha value is -3.34. The van der Waals surface area contributed by atoms with Crippen LogP contribution in [0.4, 0.5) is 0 Å². The summed E-state index contributed by atoms with van der Waals surface area (Å²) in [6, 6.07) is 23.7. The van der Waals surface area contributed by atoms with Gasteiger partial charge in [0.2, 0.25) is 5.71 Å². The van der Waals surface area contributed by atoms with E-state index in [2.05, 4.69) is 44.2 Å². The molecule has 6 heteroatoms. The first-order valence-corrected chi connectivity index (χ1v) is 14.8. The molecule has 3 aromatic heterocycles. The molecule has 0 fully saturated rings. The average Bonchev–Trinajstić information content (AvgIpc) is 3.36. The van der Waals surface area contributed by atoms with Gasteiger partial charge >= 0.3 is 0 Å². The van der Waals surface area contributed by atoms with Crippen molar-refractivity contribution in [3.63, 3.8) is 0 Å². The topological polar surface area (TPSA) is 76.2 Å². The minimum Gasteiger partial charge on any atom is -0.512 e. The van der Waals surface area contributed by atoms with E-state index in [0.717, 1.165) is 69.9 Å². The Labute approximate surface area is 262 Å². The molecule has 0 aliphatic heterocycles. The van der Waals surface area contributed by atoms with Crippen molar-refractivity contribution < 1.29 is 34.4 Å². The van der Waals surface area contributed by atoms with E-state index in [1.165, 1.54) is 6.08 Å². The number of carbonyl (C=O) groups is 1. The van der Waals surface area contributed by atoms with Crippen molar-refractivity contribution in [2.24, 2.45) is 11.8 Å². The van der Waals surface area contributed by atoms with Crippen LogP contribution in [0, 0.1) is 17.9 Å². The molecule has 2 aromatic carbocycles. The summed E-state index contributed by atoms with van der Waals surface area (Å²) in [4.78, 5) is 21.2. The zero-order chi connectivity index (χ0) is 29.5. The summed E-state index contributed by atoms with van der Waals surface area (Å²) in [5, 5.41) is 13.0. The maximum Gasteiger partial charge on any atom is 0.216 e. The standard InChI is InChI=1S/C23H17N2O.C13H24O2.Ir/c1-14(2)19-13-11-17-16-7-5-8-18(22(16)26-23(17)25-19)21-12-10-15-6-3-4-9-20(15)24-21;1-5-10(6-2)12(14)9-13(15)11(7-3)8-4;/h3-7,9-14H,1-2H3;9-11,14H,5-8H2,1-4H3;/q-1;;/b;12-9-;. The zero-order valence-corrected chi connectivity index (χ0v) is 27.8. The monoisotopic (exact) mass is 742 g/mol. The molecule has 0 bridgehead atoms. The van der Waals surface area contributed by atoms with Gasteiger partial charge in [0.1, 0.15) is 0 Å². The predicted molar refractivity (Wildman–Crippen MR) is 169 cm³/mol. The smallest absolute Gasteiger partial charge is 0.216 e. The van der Waals surface area contributed by atoms with Crippen LogP contribution in [-0.4, -0.2) is 20.9 Å². The van der Waals surface area contributed by atoms with E-state index in [4.69, 9.17) is 14.4 Å². The Balaban J connectivity index is 0.000000263. The van der Waals surface area contributed by atoms with E-state index in [1.54, 1.807) is 0 Å². The second-order valence-corrected chi connectivity index (χ2v) is 10.8. The molecular weight excluding hydrogens is 701 g/mol. The second-order valence-electron chi connectivity index (χ2n) is 10.8. The van der Waals surface area contributed by atoms with Crippen molar-refractivity contribution >= 4 is 38.8 Å². The molecule has 0 aliphatic carbocycles. The quantitative estimate of drug-likeness (QED) is 0.0925. The number of benzene rings is 2. The van der Waals surface area contributed by atoms with Crippen molar-refractivity contribution in [3.05, 3.63) is 84.3 Å². The van der Waals surface area contributed by atoms with Gasteiger partial charge in [-0.25, -0.2) is 4.98 Å². The molecule has 0 amide bonds. The number of para-hydroxylation sites is 1. The maximum atomic E-state index is 11.7. The largest absolute Gasteiger partial charge is 0.512 e. The molecule has 42 heavy (non-hydrogen) atoms. The molecule has 0 atom stereocenters. The van der Waals surface area contributed by atoms with Gasteiger partial charge in [0.05, 0.1) is 16.9 Å². The Kier molecular flexibility index (Phi) is 12.0. The summed E-state index contributed by atoms with van der Waals surface area (Å²) in [5.41, 5.74) is 5.19. The Morgan fingerprint density at radius 3 is 2.24 bits per heavy atom. The number of rotatable bonds is 9. The van der Waals surface area contributed by atoms with Crippen molar-refractivity contribution in [3.8, 4) is 11.3 Å². The maximum absolute atomic E-state index is 11.7. The summed E-state index contributed by atoms with van der Waals surface area (Å²) in [5.74, 6) is 0.909. The van der Waals surface area contributed by atoms with Crippen molar-refractivity contribution in [1.82, 2.24) is 9.97 Å². The molecule has 0 saturated carbocycles. The van der Waals surface area contributed by atoms with E-state index in [-0.39, 0.29) is 43.5 Å². The van der Waals surface area contributed by atoms with E-state index in [9.17, 15) is 9.90 Å². The van der Waals surface area contributed by atoms with Gasteiger partial charge in [-0.3, -0.25) is 9.78 Å². The van der Waals surface area contributed by atoms with Gasteiger partial charge < -0.3 is 9.52 Å². The van der Waals surface area contributed by atoms with Gasteiger partial charge in [0, 0.05) is 49.1 Å². The number of hydrogen-bond donors (Lipinski definition) is 1. The molecule has 0 spiro atoms. The zero-order valence-electron chi connectivity index (χ0n) is 25.4. The SMILES string of the molecule is CC(C)c1ccc2c(n1)oc1c(-c3ccc4ccccc4n3)[c-]ccc12.CCC(CC)C(=O)/C=C(\O)C(CC)CC.[Ir]. The van der Waals surface area contributed by atoms with Gasteiger partial charge in [-0.15, -0.1) is 18.2 Å². The fourth-order valence-electron chi connectivity index (χ4n) is 5.13. The average molecular weight is 742 g/mol. The number of aliphatic hydroxyl groups excluding tert-OH is 1. The van der Waals surface area contributed by atoms with Gasteiger partial charge in [0.15, 0.2) is 5.78 Å². The third-order valence-electron chi connectivity index (χ3n) is 7.85. The van der Waals surface area contributed by atoms with Crippen LogP contribution in [0.15, 0.2) is 76.9 Å². The number of allylic oxidation sites excluding steroid dienone is 2. The first-order valence-electron chi connectivity index (χ1n) is 14.8. The number of ketones is 1. The fraction of sp³-hybridized carbons (Fsp3) is 0.361. The van der Waals surface area contributed by atoms with Crippen molar-refractivity contribution in [2.75, 3.05) is 0 Å². The number of carbonyl (C=O) groups excluding carboxylic acids is 1. The summed E-state index contributed by atoms with van der Waals surface area (Å²) in [6.45, 7) is 12.3. The van der Waals surface area contributed by atoms with E-state index < -0.39 is 0 Å². The molecule has 223 valence electrons. The summed E-state index contributed by atoms with van der Waals surface area (Å²) < 4.78 is 6.16. The predicted octanol–water partition coefficient (Wildman–Crippen LogP) is 9.99. The minimum atomic E-state index is 0. The third kappa shape index (κ3) is 7.35. The molecule has 0 unspecified atom stereocenters. The number of hydrogen-bond acceptors (Lipinski definition) is 5. The van der Waals surface area contributed by atoms with Crippen LogP contribution in [0.2, 0.25) is 0 Å². The van der Waals surface area contributed by atoms with Crippen molar-refractivity contribution in [2.45, 2.75) is 73.1 Å². The van der Waals surface area contributed by atoms with Gasteiger partial charge in [-0.05, 0) is 60.9 Å². The van der Waals surface area contributed by atoms with E-state index in [1.807, 2.05) is 64.1 Å². The Bertz CT molecular complexity index is 1660. The first kappa shape index (κ1) is 33.2. The van der Waals surface area contributed by atoms with Crippen molar-refractivity contribution in [1.29, 1.82) is 0 Å². The van der Waals surface area contributed by atoms with Crippen LogP contribution < -0.4 is 0 Å². The van der Waals surface area contributed by atoms with E-state index in [0.29, 0.717) is 11.6 Å². The Morgan fingerprint density at radius 2 is 1.57 bits per heavy atom. The number of aromatic nitrogens is 2. The molecule has 0 aliphatic rings. The molecular formula is C36H41IrN2O3-. The number of aliphatic hydroxyl groups is 1. The van der Waals surface area contributed by atoms with E-state index >= 15 is 0 Å². The second kappa shape index (κ2) is 15.2. The normalized spacial score (nSPS) is 11.8. The first-order chi connectivity index (χ1) is 19.8. The number of fused-ring (bicyclic) bond motifs is 4. The Morgan fingerprint density at radius 1 is 0.881 bits per heavy atom. The number of nitrogens with zero attached hydrogens (tertiary/aromatic N) is 2. The minimum absolute atomic E-state index is 0. The molecule has 0 saturated heterocycles. The third-order valence-corrected chi connectivity index (χ3v) is 7.85. The molecule has 3 heterocycles. The van der Waals surface area contributed by atoms with Crippen LogP contribution in [0.1, 0.15) is 78.8 Å². The number of pyridine rings is 2. The van der Waals surface area contributed by atoms with Crippen LogP contribution in [0.5, 0.6) is 0 Å². The van der Waals surface area contributed by atoms with Gasteiger partial charge in [-0.2, -0.15) is 0 Å². The van der Waals surface area contributed by atoms with Crippen LogP contribution in [0.25, 0.3) is 44.2 Å². The van der Waals surface area contributed by atoms with Gasteiger partial charge in [-0.1, -0.05) is 82.8 Å². The van der Waals surface area contributed by atoms with Crippen LogP contribution >= 0.6 is 0 Å². The molecule has 5 aromatic rings. The molecule has 1 radical (unpaired) electrons. The molecule has 1 N–H and O–H groups in total. The number of furan rings is 1. The molecule has 5 rings (SSSR count). The molecule has 5 nitrogen and oxygen atoms in total. The summed E-state index contributed by atoms with van der Waals surface area (Å²) in [7, 11) is 0. The summed E-state index contributed by atoms with van der Waals surface area (Å²) in [6.07, 6.45) is 4.91. The van der Waals surface area contributed by atoms with Crippen LogP contribution in [0.3, 0.4) is 0 Å². The fourth-order valence-corrected chi connectivity index (χ4v) is 5.13. The van der Waals surface area contributed by atoms with Crippen LogP contribution in [-0.2, 0) is 24.9 Å². The van der Waals surface area contributed by atoms with Gasteiger partial charge in [0.25, 0.3) is 0 Å². The summed E-state index contributed by atoms with van der Waals surface area (Å²) >= 11 is 0.